The van der Waals surface area contributed by atoms with Gasteiger partial charge in [0.1, 0.15) is 0 Å². The van der Waals surface area contributed by atoms with Gasteiger partial charge in [-0.1, -0.05) is 12.1 Å². The Morgan fingerprint density at radius 3 is 2.45 bits per heavy atom. The zero-order valence-corrected chi connectivity index (χ0v) is 17.4. The van der Waals surface area contributed by atoms with Gasteiger partial charge in [0.2, 0.25) is 5.69 Å². The summed E-state index contributed by atoms with van der Waals surface area (Å²) in [6.07, 6.45) is 1.52. The van der Waals surface area contributed by atoms with Crippen LogP contribution < -0.4 is 15.8 Å². The molecule has 0 bridgehead atoms. The lowest BCUT2D eigenvalue weighted by molar-refractivity contribution is 0.0728. The second-order valence-corrected chi connectivity index (χ2v) is 7.18. The molecule has 0 spiro atoms. The number of halogens is 2. The van der Waals surface area contributed by atoms with Gasteiger partial charge in [-0.05, 0) is 17.7 Å². The molecule has 1 amide bonds. The minimum Gasteiger partial charge on any atom is -0.369 e. The Balaban J connectivity index is 1.69. The van der Waals surface area contributed by atoms with E-state index in [1.807, 2.05) is 24.3 Å². The zero-order valence-electron chi connectivity index (χ0n) is 15.9. The van der Waals surface area contributed by atoms with E-state index in [-0.39, 0.29) is 11.6 Å². The molecule has 0 atom stereocenters. The fourth-order valence-electron chi connectivity index (χ4n) is 3.00. The fourth-order valence-corrected chi connectivity index (χ4v) is 3.40. The lowest BCUT2D eigenvalue weighted by atomic mass is 10.2. The molecule has 0 aliphatic carbocycles. The normalized spacial score (nSPS) is 14.5. The Morgan fingerprint density at radius 2 is 1.83 bits per heavy atom. The van der Waals surface area contributed by atoms with E-state index in [1.54, 1.807) is 4.90 Å². The molecule has 2 aromatic rings. The predicted octanol–water partition coefficient (Wildman–Crippen LogP) is 0.783. The Morgan fingerprint density at radius 1 is 1.17 bits per heavy atom. The number of hydrogen-bond acceptors (Lipinski definition) is 6. The molecule has 0 unspecified atom stereocenters. The number of nitrogens with zero attached hydrogens (tertiary/aromatic N) is 5. The third-order valence-electron chi connectivity index (χ3n) is 4.55. The van der Waals surface area contributed by atoms with Gasteiger partial charge in [-0.25, -0.2) is 0 Å². The van der Waals surface area contributed by atoms with Gasteiger partial charge in [-0.2, -0.15) is 10.3 Å². The summed E-state index contributed by atoms with van der Waals surface area (Å²) in [6, 6.07) is 7.63. The van der Waals surface area contributed by atoms with Crippen molar-refractivity contribution in [1.82, 2.24) is 25.3 Å². The molecule has 11 heteroatoms. The van der Waals surface area contributed by atoms with Crippen LogP contribution in [0, 0.1) is 0 Å². The molecule has 9 nitrogen and oxygen atoms in total. The molecule has 0 radical (unpaired) electrons. The number of carbonyl (C=O) groups excluding carboxylic acids is 1. The number of benzene rings is 1. The summed E-state index contributed by atoms with van der Waals surface area (Å²) in [7, 11) is 0. The average Bonchev–Trinajstić information content (AvgIpc) is 3.13. The standard InChI is InChI=1S/C18H23Cl2N7O2/c19-5-9-25(10-6-20)15-3-1-14(2-4-15)13-22-27-18(29)16(23-24-27)17(28)26-11-7-21-8-12-26/h1-4,13,21,24H,5-12H2. The van der Waals surface area contributed by atoms with E-state index in [1.165, 1.54) is 6.21 Å². The van der Waals surface area contributed by atoms with E-state index >= 15 is 0 Å². The highest BCUT2D eigenvalue weighted by Gasteiger charge is 2.24. The maximum Gasteiger partial charge on any atom is 0.320 e. The number of anilines is 1. The number of piperazine rings is 1. The second kappa shape index (κ2) is 10.4. The van der Waals surface area contributed by atoms with Crippen LogP contribution in [0.25, 0.3) is 0 Å². The molecule has 3 rings (SSSR count). The Labute approximate surface area is 178 Å². The molecule has 1 aliphatic rings. The van der Waals surface area contributed by atoms with Crippen LogP contribution in [0.5, 0.6) is 0 Å². The lowest BCUT2D eigenvalue weighted by Gasteiger charge is -2.26. The SMILES string of the molecule is O=C(c1n[nH]n(N=Cc2ccc(N(CCCl)CCCl)cc2)c1=O)N1CCNCC1. The number of carbonyl (C=O) groups is 1. The summed E-state index contributed by atoms with van der Waals surface area (Å²) in [5.74, 6) is 0.639. The molecule has 29 heavy (non-hydrogen) atoms. The van der Waals surface area contributed by atoms with Gasteiger partial charge >= 0.3 is 5.56 Å². The number of nitrogens with one attached hydrogen (secondary N) is 2. The van der Waals surface area contributed by atoms with Crippen molar-refractivity contribution in [3.63, 3.8) is 0 Å². The van der Waals surface area contributed by atoms with E-state index in [2.05, 4.69) is 25.6 Å². The molecule has 2 heterocycles. The van der Waals surface area contributed by atoms with Crippen molar-refractivity contribution in [3.8, 4) is 0 Å². The minimum absolute atomic E-state index is 0.155. The first kappa shape index (κ1) is 21.4. The number of rotatable bonds is 8. The zero-order chi connectivity index (χ0) is 20.6. The topological polar surface area (TPSA) is 98.6 Å². The van der Waals surface area contributed by atoms with Gasteiger partial charge in [0.15, 0.2) is 0 Å². The first-order chi connectivity index (χ1) is 14.1. The minimum atomic E-state index is -0.572. The smallest absolute Gasteiger partial charge is 0.320 e. The number of aromatic nitrogens is 3. The number of aromatic amines is 1. The Bertz CT molecular complexity index is 882. The van der Waals surface area contributed by atoms with Crippen molar-refractivity contribution in [2.24, 2.45) is 5.10 Å². The van der Waals surface area contributed by atoms with Gasteiger partial charge in [0.05, 0.1) is 6.21 Å². The largest absolute Gasteiger partial charge is 0.369 e. The van der Waals surface area contributed by atoms with Gasteiger partial charge in [-0.15, -0.1) is 33.1 Å². The molecule has 1 aliphatic heterocycles. The van der Waals surface area contributed by atoms with Crippen molar-refractivity contribution in [1.29, 1.82) is 0 Å². The predicted molar refractivity (Wildman–Crippen MR) is 115 cm³/mol. The van der Waals surface area contributed by atoms with Gasteiger partial charge in [0.25, 0.3) is 5.91 Å². The summed E-state index contributed by atoms with van der Waals surface area (Å²) in [6.45, 7) is 3.90. The van der Waals surface area contributed by atoms with E-state index in [0.717, 1.165) is 16.0 Å². The summed E-state index contributed by atoms with van der Waals surface area (Å²) in [4.78, 5) is 29.5. The molecule has 1 aromatic carbocycles. The molecule has 0 saturated carbocycles. The molecular formula is C18H23Cl2N7O2. The van der Waals surface area contributed by atoms with Crippen molar-refractivity contribution < 1.29 is 4.79 Å². The first-order valence-electron chi connectivity index (χ1n) is 9.32. The first-order valence-corrected chi connectivity index (χ1v) is 10.4. The van der Waals surface area contributed by atoms with Crippen molar-refractivity contribution >= 4 is 41.0 Å². The van der Waals surface area contributed by atoms with Gasteiger partial charge < -0.3 is 15.1 Å². The molecule has 1 fully saturated rings. The van der Waals surface area contributed by atoms with Crippen LogP contribution in [0.3, 0.4) is 0 Å². The highest BCUT2D eigenvalue weighted by molar-refractivity contribution is 6.18. The van der Waals surface area contributed by atoms with Crippen LogP contribution in [0.1, 0.15) is 16.1 Å². The van der Waals surface area contributed by atoms with Gasteiger partial charge in [-0.3, -0.25) is 9.59 Å². The monoisotopic (exact) mass is 439 g/mol. The van der Waals surface area contributed by atoms with Crippen molar-refractivity contribution in [2.45, 2.75) is 0 Å². The number of H-pyrrole nitrogens is 1. The Hall–Kier alpha value is -2.36. The molecule has 1 aromatic heterocycles. The average molecular weight is 440 g/mol. The molecule has 156 valence electrons. The number of hydrogen-bond donors (Lipinski definition) is 2. The molecular weight excluding hydrogens is 417 g/mol. The van der Waals surface area contributed by atoms with E-state index in [0.29, 0.717) is 51.0 Å². The fraction of sp³-hybridized carbons (Fsp3) is 0.444. The van der Waals surface area contributed by atoms with Crippen LogP contribution in [0.4, 0.5) is 5.69 Å². The van der Waals surface area contributed by atoms with Crippen LogP contribution in [0.15, 0.2) is 34.2 Å². The van der Waals surface area contributed by atoms with Gasteiger partial charge in [0, 0.05) is 56.7 Å². The van der Waals surface area contributed by atoms with E-state index in [9.17, 15) is 9.59 Å². The van der Waals surface area contributed by atoms with E-state index in [4.69, 9.17) is 23.2 Å². The van der Waals surface area contributed by atoms with Crippen LogP contribution in [0.2, 0.25) is 0 Å². The number of alkyl halides is 2. The van der Waals surface area contributed by atoms with Crippen molar-refractivity contribution in [2.75, 3.05) is 55.9 Å². The maximum absolute atomic E-state index is 12.4. The third-order valence-corrected chi connectivity index (χ3v) is 4.89. The second-order valence-electron chi connectivity index (χ2n) is 6.42. The maximum atomic E-state index is 12.4. The number of amides is 1. The summed E-state index contributed by atoms with van der Waals surface area (Å²) >= 11 is 11.7. The van der Waals surface area contributed by atoms with Crippen LogP contribution in [-0.4, -0.2) is 83.2 Å². The lowest BCUT2D eigenvalue weighted by Crippen LogP contribution is -2.47. The van der Waals surface area contributed by atoms with E-state index < -0.39 is 5.56 Å². The molecule has 2 N–H and O–H groups in total. The summed E-state index contributed by atoms with van der Waals surface area (Å²) in [5.41, 5.74) is 1.07. The summed E-state index contributed by atoms with van der Waals surface area (Å²) in [5, 5.41) is 13.6. The Kier molecular flexibility index (Phi) is 7.68. The highest BCUT2D eigenvalue weighted by atomic mass is 35.5. The van der Waals surface area contributed by atoms with Crippen molar-refractivity contribution in [3.05, 3.63) is 45.9 Å². The third kappa shape index (κ3) is 5.37. The molecule has 1 saturated heterocycles. The highest BCUT2D eigenvalue weighted by Crippen LogP contribution is 2.15. The van der Waals surface area contributed by atoms with Crippen LogP contribution in [-0.2, 0) is 0 Å². The van der Waals surface area contributed by atoms with Crippen LogP contribution >= 0.6 is 23.2 Å². The summed E-state index contributed by atoms with van der Waals surface area (Å²) < 4.78 is 0. The quantitative estimate of drug-likeness (QED) is 0.467.